The number of hydrogen-bond acceptors (Lipinski definition) is 2. The summed E-state index contributed by atoms with van der Waals surface area (Å²) in [5.41, 5.74) is 2.81. The molecule has 0 bridgehead atoms. The highest BCUT2D eigenvalue weighted by atomic mass is 35.5. The second-order valence-electron chi connectivity index (χ2n) is 5.98. The zero-order valence-corrected chi connectivity index (χ0v) is 16.2. The summed E-state index contributed by atoms with van der Waals surface area (Å²) in [6.07, 6.45) is 0. The van der Waals surface area contributed by atoms with Gasteiger partial charge in [-0.15, -0.1) is 0 Å². The summed E-state index contributed by atoms with van der Waals surface area (Å²) < 4.78 is 15.5. The fraction of sp³-hybridized carbons (Fsp3) is 0.158. The first-order chi connectivity index (χ1) is 12.9. The number of carbonyl (C=O) groups is 1. The SMILES string of the molecule is Cc1nn(Cc2ccccc2F)c(C)c1NC(=O)Nc1cccc(Cl)c1Cl. The van der Waals surface area contributed by atoms with Crippen LogP contribution in [0.15, 0.2) is 42.5 Å². The smallest absolute Gasteiger partial charge is 0.306 e. The zero-order chi connectivity index (χ0) is 19.6. The Labute approximate surface area is 166 Å². The molecular weight excluding hydrogens is 390 g/mol. The van der Waals surface area contributed by atoms with Gasteiger partial charge >= 0.3 is 6.03 Å². The molecule has 0 saturated carbocycles. The molecule has 2 aromatic carbocycles. The summed E-state index contributed by atoms with van der Waals surface area (Å²) in [5, 5.41) is 10.4. The van der Waals surface area contributed by atoms with Crippen molar-refractivity contribution in [2.75, 3.05) is 10.6 Å². The molecule has 0 spiro atoms. The number of rotatable bonds is 4. The first-order valence-electron chi connectivity index (χ1n) is 8.16. The number of urea groups is 1. The van der Waals surface area contributed by atoms with Crippen molar-refractivity contribution in [3.05, 3.63) is 75.3 Å². The van der Waals surface area contributed by atoms with Crippen molar-refractivity contribution in [3.63, 3.8) is 0 Å². The number of halogens is 3. The number of aromatic nitrogens is 2. The summed E-state index contributed by atoms with van der Waals surface area (Å²) in [6, 6.07) is 11.0. The molecule has 3 rings (SSSR count). The number of nitrogens with zero attached hydrogens (tertiary/aromatic N) is 2. The molecule has 2 N–H and O–H groups in total. The lowest BCUT2D eigenvalue weighted by Crippen LogP contribution is -2.20. The molecule has 0 unspecified atom stereocenters. The van der Waals surface area contributed by atoms with Crippen LogP contribution in [0.1, 0.15) is 17.0 Å². The maximum atomic E-state index is 13.9. The number of anilines is 2. The molecule has 0 radical (unpaired) electrons. The number of benzene rings is 2. The minimum Gasteiger partial charge on any atom is -0.306 e. The lowest BCUT2D eigenvalue weighted by Gasteiger charge is -2.10. The zero-order valence-electron chi connectivity index (χ0n) is 14.7. The van der Waals surface area contributed by atoms with Gasteiger partial charge < -0.3 is 10.6 Å². The third-order valence-electron chi connectivity index (χ3n) is 4.10. The monoisotopic (exact) mass is 406 g/mol. The molecular formula is C19H17Cl2FN4O. The summed E-state index contributed by atoms with van der Waals surface area (Å²) in [6.45, 7) is 3.85. The second-order valence-corrected chi connectivity index (χ2v) is 6.76. The Morgan fingerprint density at radius 1 is 1.11 bits per heavy atom. The fourth-order valence-electron chi connectivity index (χ4n) is 2.69. The van der Waals surface area contributed by atoms with Crippen molar-refractivity contribution < 1.29 is 9.18 Å². The second kappa shape index (κ2) is 7.98. The first-order valence-corrected chi connectivity index (χ1v) is 8.92. The van der Waals surface area contributed by atoms with Crippen LogP contribution in [0, 0.1) is 19.7 Å². The molecule has 8 heteroatoms. The molecule has 3 aromatic rings. The summed E-state index contributed by atoms with van der Waals surface area (Å²) in [4.78, 5) is 12.4. The Bertz CT molecular complexity index is 1000. The fourth-order valence-corrected chi connectivity index (χ4v) is 3.03. The van der Waals surface area contributed by atoms with Crippen LogP contribution in [0.25, 0.3) is 0 Å². The van der Waals surface area contributed by atoms with Crippen LogP contribution in [-0.2, 0) is 6.54 Å². The molecule has 5 nitrogen and oxygen atoms in total. The Kier molecular flexibility index (Phi) is 5.68. The molecule has 27 heavy (non-hydrogen) atoms. The normalized spacial score (nSPS) is 10.7. The Morgan fingerprint density at radius 3 is 2.59 bits per heavy atom. The summed E-state index contributed by atoms with van der Waals surface area (Å²) in [5.74, 6) is -0.298. The van der Waals surface area contributed by atoms with Gasteiger partial charge in [-0.05, 0) is 32.0 Å². The average molecular weight is 407 g/mol. The predicted octanol–water partition coefficient (Wildman–Crippen LogP) is 5.64. The lowest BCUT2D eigenvalue weighted by molar-refractivity contribution is 0.262. The molecule has 0 aliphatic heterocycles. The topological polar surface area (TPSA) is 59.0 Å². The molecule has 1 heterocycles. The third-order valence-corrected chi connectivity index (χ3v) is 4.92. The van der Waals surface area contributed by atoms with E-state index < -0.39 is 6.03 Å². The molecule has 0 aliphatic carbocycles. The Hall–Kier alpha value is -2.57. The molecule has 1 aromatic heterocycles. The van der Waals surface area contributed by atoms with Gasteiger partial charge in [0.15, 0.2) is 0 Å². The average Bonchev–Trinajstić information content (AvgIpc) is 2.88. The predicted molar refractivity (Wildman–Crippen MR) is 106 cm³/mol. The van der Waals surface area contributed by atoms with E-state index in [0.29, 0.717) is 33.3 Å². The van der Waals surface area contributed by atoms with Gasteiger partial charge in [-0.2, -0.15) is 5.10 Å². The standard InChI is InChI=1S/C19H17Cl2FN4O/c1-11-18(24-19(27)23-16-9-5-7-14(20)17(16)21)12(2)26(25-11)10-13-6-3-4-8-15(13)22/h3-9H,10H2,1-2H3,(H2,23,24,27). The van der Waals surface area contributed by atoms with Crippen LogP contribution in [0.4, 0.5) is 20.6 Å². The highest BCUT2D eigenvalue weighted by Crippen LogP contribution is 2.30. The van der Waals surface area contributed by atoms with Crippen molar-refractivity contribution in [2.24, 2.45) is 0 Å². The number of hydrogen-bond donors (Lipinski definition) is 2. The van der Waals surface area contributed by atoms with E-state index >= 15 is 0 Å². The largest absolute Gasteiger partial charge is 0.323 e. The van der Waals surface area contributed by atoms with Crippen LogP contribution < -0.4 is 10.6 Å². The maximum Gasteiger partial charge on any atom is 0.323 e. The number of aryl methyl sites for hydroxylation is 1. The van der Waals surface area contributed by atoms with Gasteiger partial charge in [0.05, 0.1) is 39.4 Å². The van der Waals surface area contributed by atoms with Crippen LogP contribution in [0.2, 0.25) is 10.0 Å². The van der Waals surface area contributed by atoms with E-state index in [-0.39, 0.29) is 17.4 Å². The van der Waals surface area contributed by atoms with Crippen molar-refractivity contribution in [3.8, 4) is 0 Å². The lowest BCUT2D eigenvalue weighted by atomic mass is 10.2. The van der Waals surface area contributed by atoms with Crippen molar-refractivity contribution in [1.82, 2.24) is 9.78 Å². The van der Waals surface area contributed by atoms with Crippen molar-refractivity contribution in [2.45, 2.75) is 20.4 Å². The van der Waals surface area contributed by atoms with E-state index in [0.717, 1.165) is 0 Å². The van der Waals surface area contributed by atoms with Crippen molar-refractivity contribution >= 4 is 40.6 Å². The summed E-state index contributed by atoms with van der Waals surface area (Å²) in [7, 11) is 0. The molecule has 2 amide bonds. The van der Waals surface area contributed by atoms with E-state index in [1.54, 1.807) is 48.0 Å². The van der Waals surface area contributed by atoms with Gasteiger partial charge in [-0.1, -0.05) is 47.5 Å². The Balaban J connectivity index is 1.77. The first kappa shape index (κ1) is 19.2. The molecule has 0 fully saturated rings. The van der Waals surface area contributed by atoms with Gasteiger partial charge in [0.2, 0.25) is 0 Å². The summed E-state index contributed by atoms with van der Waals surface area (Å²) >= 11 is 12.0. The molecule has 0 atom stereocenters. The van der Waals surface area contributed by atoms with Crippen LogP contribution in [-0.4, -0.2) is 15.8 Å². The molecule has 0 aliphatic rings. The molecule has 0 saturated heterocycles. The quantitative estimate of drug-likeness (QED) is 0.588. The maximum absolute atomic E-state index is 13.9. The van der Waals surface area contributed by atoms with E-state index in [2.05, 4.69) is 15.7 Å². The van der Waals surface area contributed by atoms with Crippen LogP contribution in [0.5, 0.6) is 0 Å². The van der Waals surface area contributed by atoms with Gasteiger partial charge in [-0.3, -0.25) is 4.68 Å². The third kappa shape index (κ3) is 4.23. The van der Waals surface area contributed by atoms with E-state index in [1.807, 2.05) is 6.92 Å². The minimum absolute atomic E-state index is 0.262. The number of nitrogens with one attached hydrogen (secondary N) is 2. The Morgan fingerprint density at radius 2 is 1.85 bits per heavy atom. The van der Waals surface area contributed by atoms with E-state index in [4.69, 9.17) is 23.2 Å². The molecule has 140 valence electrons. The van der Waals surface area contributed by atoms with Gasteiger partial charge in [0, 0.05) is 5.56 Å². The van der Waals surface area contributed by atoms with Crippen LogP contribution in [0.3, 0.4) is 0 Å². The highest BCUT2D eigenvalue weighted by molar-refractivity contribution is 6.44. The van der Waals surface area contributed by atoms with E-state index in [9.17, 15) is 9.18 Å². The van der Waals surface area contributed by atoms with Gasteiger partial charge in [-0.25, -0.2) is 9.18 Å². The number of carbonyl (C=O) groups excluding carboxylic acids is 1. The highest BCUT2D eigenvalue weighted by Gasteiger charge is 2.16. The van der Waals surface area contributed by atoms with Gasteiger partial charge in [0.1, 0.15) is 5.82 Å². The number of amides is 2. The van der Waals surface area contributed by atoms with Gasteiger partial charge in [0.25, 0.3) is 0 Å². The van der Waals surface area contributed by atoms with Crippen molar-refractivity contribution in [1.29, 1.82) is 0 Å². The minimum atomic E-state index is -0.476. The van der Waals surface area contributed by atoms with E-state index in [1.165, 1.54) is 6.07 Å². The van der Waals surface area contributed by atoms with Crippen LogP contribution >= 0.6 is 23.2 Å².